The van der Waals surface area contributed by atoms with Crippen molar-refractivity contribution in [2.75, 3.05) is 24.5 Å². The van der Waals surface area contributed by atoms with E-state index >= 15 is 0 Å². The molecule has 0 aromatic heterocycles. The molecule has 1 saturated heterocycles. The van der Waals surface area contributed by atoms with Crippen LogP contribution in [0.25, 0.3) is 0 Å². The first-order valence-corrected chi connectivity index (χ1v) is 7.48. The number of nitrogens with zero attached hydrogens (tertiary/aromatic N) is 1. The van der Waals surface area contributed by atoms with Crippen molar-refractivity contribution in [3.8, 4) is 5.75 Å². The standard InChI is InChI=1S/C16H26N2O/c1-4-13(3)19-16-8-6-7-15(11-16)18-10-9-17-12-14(18)5-2/h6-8,11,13-14,17H,4-5,9-10,12H2,1-3H3. The summed E-state index contributed by atoms with van der Waals surface area (Å²) in [5.41, 5.74) is 1.29. The van der Waals surface area contributed by atoms with Crippen molar-refractivity contribution >= 4 is 5.69 Å². The highest BCUT2D eigenvalue weighted by molar-refractivity contribution is 5.52. The molecule has 0 amide bonds. The maximum absolute atomic E-state index is 5.92. The zero-order valence-electron chi connectivity index (χ0n) is 12.4. The van der Waals surface area contributed by atoms with Crippen LogP contribution in [0.3, 0.4) is 0 Å². The first kappa shape index (κ1) is 14.2. The largest absolute Gasteiger partial charge is 0.491 e. The lowest BCUT2D eigenvalue weighted by molar-refractivity contribution is 0.217. The fourth-order valence-electron chi connectivity index (χ4n) is 2.52. The highest BCUT2D eigenvalue weighted by Crippen LogP contribution is 2.25. The highest BCUT2D eigenvalue weighted by Gasteiger charge is 2.20. The molecular weight excluding hydrogens is 236 g/mol. The van der Waals surface area contributed by atoms with E-state index in [1.165, 1.54) is 12.1 Å². The Bertz CT molecular complexity index is 394. The van der Waals surface area contributed by atoms with Gasteiger partial charge in [-0.05, 0) is 31.9 Å². The summed E-state index contributed by atoms with van der Waals surface area (Å²) in [6, 6.07) is 9.12. The van der Waals surface area contributed by atoms with Crippen molar-refractivity contribution in [3.05, 3.63) is 24.3 Å². The van der Waals surface area contributed by atoms with Crippen LogP contribution in [-0.4, -0.2) is 31.8 Å². The number of hydrogen-bond donors (Lipinski definition) is 1. The molecule has 1 N–H and O–H groups in total. The predicted octanol–water partition coefficient (Wildman–Crippen LogP) is 3.05. The zero-order chi connectivity index (χ0) is 13.7. The average Bonchev–Trinajstić information content (AvgIpc) is 2.47. The second kappa shape index (κ2) is 6.80. The summed E-state index contributed by atoms with van der Waals surface area (Å²) in [7, 11) is 0. The predicted molar refractivity (Wildman–Crippen MR) is 81.1 cm³/mol. The lowest BCUT2D eigenvalue weighted by Gasteiger charge is -2.37. The second-order valence-corrected chi connectivity index (χ2v) is 5.29. The number of ether oxygens (including phenoxy) is 1. The minimum absolute atomic E-state index is 0.278. The van der Waals surface area contributed by atoms with Gasteiger partial charge in [-0.2, -0.15) is 0 Å². The van der Waals surface area contributed by atoms with E-state index in [9.17, 15) is 0 Å². The molecular formula is C16H26N2O. The topological polar surface area (TPSA) is 24.5 Å². The SMILES string of the molecule is CCC(C)Oc1cccc(N2CCNCC2CC)c1. The molecule has 0 bridgehead atoms. The minimum atomic E-state index is 0.278. The third kappa shape index (κ3) is 3.63. The van der Waals surface area contributed by atoms with E-state index < -0.39 is 0 Å². The molecule has 1 heterocycles. The monoisotopic (exact) mass is 262 g/mol. The van der Waals surface area contributed by atoms with Crippen LogP contribution in [0.15, 0.2) is 24.3 Å². The Morgan fingerprint density at radius 1 is 1.42 bits per heavy atom. The van der Waals surface area contributed by atoms with E-state index in [2.05, 4.69) is 55.3 Å². The van der Waals surface area contributed by atoms with E-state index in [1.807, 2.05) is 0 Å². The van der Waals surface area contributed by atoms with Crippen LogP contribution in [0.4, 0.5) is 5.69 Å². The van der Waals surface area contributed by atoms with E-state index in [1.54, 1.807) is 0 Å². The summed E-state index contributed by atoms with van der Waals surface area (Å²) < 4.78 is 5.92. The van der Waals surface area contributed by atoms with Crippen LogP contribution < -0.4 is 15.0 Å². The summed E-state index contributed by atoms with van der Waals surface area (Å²) in [5, 5.41) is 3.47. The molecule has 0 saturated carbocycles. The first-order chi connectivity index (χ1) is 9.24. The number of rotatable bonds is 5. The van der Waals surface area contributed by atoms with Gasteiger partial charge in [0.05, 0.1) is 6.10 Å². The van der Waals surface area contributed by atoms with E-state index in [0.717, 1.165) is 31.8 Å². The van der Waals surface area contributed by atoms with Gasteiger partial charge in [0.1, 0.15) is 5.75 Å². The number of benzene rings is 1. The zero-order valence-corrected chi connectivity index (χ0v) is 12.4. The highest BCUT2D eigenvalue weighted by atomic mass is 16.5. The smallest absolute Gasteiger partial charge is 0.121 e. The molecule has 1 aliphatic heterocycles. The molecule has 1 aromatic rings. The first-order valence-electron chi connectivity index (χ1n) is 7.48. The lowest BCUT2D eigenvalue weighted by Crippen LogP contribution is -2.51. The third-order valence-corrected chi connectivity index (χ3v) is 3.88. The summed E-state index contributed by atoms with van der Waals surface area (Å²) in [6.07, 6.45) is 2.49. The Balaban J connectivity index is 2.12. The second-order valence-electron chi connectivity index (χ2n) is 5.29. The number of anilines is 1. The molecule has 0 spiro atoms. The molecule has 0 aliphatic carbocycles. The van der Waals surface area contributed by atoms with Crippen molar-refractivity contribution in [1.82, 2.24) is 5.32 Å². The Hall–Kier alpha value is -1.22. The molecule has 3 heteroatoms. The van der Waals surface area contributed by atoms with E-state index in [4.69, 9.17) is 4.74 Å². The Morgan fingerprint density at radius 2 is 2.26 bits per heavy atom. The molecule has 19 heavy (non-hydrogen) atoms. The Morgan fingerprint density at radius 3 is 3.00 bits per heavy atom. The summed E-state index contributed by atoms with van der Waals surface area (Å²) >= 11 is 0. The number of piperazine rings is 1. The quantitative estimate of drug-likeness (QED) is 0.882. The molecule has 1 aliphatic rings. The third-order valence-electron chi connectivity index (χ3n) is 3.88. The van der Waals surface area contributed by atoms with Gasteiger partial charge in [-0.15, -0.1) is 0 Å². The molecule has 106 valence electrons. The number of nitrogens with one attached hydrogen (secondary N) is 1. The normalized spacial score (nSPS) is 21.2. The van der Waals surface area contributed by atoms with Crippen LogP contribution in [0.2, 0.25) is 0 Å². The summed E-state index contributed by atoms with van der Waals surface area (Å²) in [5.74, 6) is 0.986. The van der Waals surface area contributed by atoms with Gasteiger partial charge in [0.2, 0.25) is 0 Å². The summed E-state index contributed by atoms with van der Waals surface area (Å²) in [6.45, 7) is 9.74. The molecule has 0 radical (unpaired) electrons. The lowest BCUT2D eigenvalue weighted by atomic mass is 10.1. The van der Waals surface area contributed by atoms with Crippen LogP contribution in [0.5, 0.6) is 5.75 Å². The van der Waals surface area contributed by atoms with Gasteiger partial charge in [0.15, 0.2) is 0 Å². The van der Waals surface area contributed by atoms with Gasteiger partial charge in [0, 0.05) is 37.4 Å². The van der Waals surface area contributed by atoms with Gasteiger partial charge in [-0.1, -0.05) is 19.9 Å². The van der Waals surface area contributed by atoms with E-state index in [-0.39, 0.29) is 6.10 Å². The van der Waals surface area contributed by atoms with Gasteiger partial charge in [-0.3, -0.25) is 0 Å². The van der Waals surface area contributed by atoms with E-state index in [0.29, 0.717) is 6.04 Å². The van der Waals surface area contributed by atoms with Gasteiger partial charge < -0.3 is 15.0 Å². The van der Waals surface area contributed by atoms with Crippen LogP contribution in [0, 0.1) is 0 Å². The molecule has 2 unspecified atom stereocenters. The van der Waals surface area contributed by atoms with Crippen LogP contribution in [0.1, 0.15) is 33.6 Å². The Kier molecular flexibility index (Phi) is 5.08. The van der Waals surface area contributed by atoms with Crippen molar-refractivity contribution in [2.45, 2.75) is 45.8 Å². The van der Waals surface area contributed by atoms with Crippen molar-refractivity contribution in [1.29, 1.82) is 0 Å². The van der Waals surface area contributed by atoms with Gasteiger partial charge >= 0.3 is 0 Å². The molecule has 1 aromatic carbocycles. The molecule has 3 nitrogen and oxygen atoms in total. The molecule has 1 fully saturated rings. The van der Waals surface area contributed by atoms with Gasteiger partial charge in [0.25, 0.3) is 0 Å². The fraction of sp³-hybridized carbons (Fsp3) is 0.625. The average molecular weight is 262 g/mol. The van der Waals surface area contributed by atoms with Gasteiger partial charge in [-0.25, -0.2) is 0 Å². The fourth-order valence-corrected chi connectivity index (χ4v) is 2.52. The maximum Gasteiger partial charge on any atom is 0.121 e. The molecule has 2 rings (SSSR count). The van der Waals surface area contributed by atoms with Crippen LogP contribution in [-0.2, 0) is 0 Å². The maximum atomic E-state index is 5.92. The van der Waals surface area contributed by atoms with Crippen molar-refractivity contribution in [2.24, 2.45) is 0 Å². The van der Waals surface area contributed by atoms with Crippen molar-refractivity contribution < 1.29 is 4.74 Å². The minimum Gasteiger partial charge on any atom is -0.491 e. The molecule has 2 atom stereocenters. The van der Waals surface area contributed by atoms with Crippen LogP contribution >= 0.6 is 0 Å². The van der Waals surface area contributed by atoms with Crippen molar-refractivity contribution in [3.63, 3.8) is 0 Å². The number of hydrogen-bond acceptors (Lipinski definition) is 3. The Labute approximate surface area is 116 Å². The summed E-state index contributed by atoms with van der Waals surface area (Å²) in [4.78, 5) is 2.50.